The van der Waals surface area contributed by atoms with Crippen molar-refractivity contribution in [3.8, 4) is 23.0 Å². The molecule has 0 heterocycles. The maximum Gasteiger partial charge on any atom is 0.122 e. The van der Waals surface area contributed by atoms with Gasteiger partial charge in [0.05, 0.1) is 0 Å². The van der Waals surface area contributed by atoms with Crippen LogP contribution in [-0.2, 0) is 0 Å². The first-order valence-corrected chi connectivity index (χ1v) is 16.8. The van der Waals surface area contributed by atoms with Crippen LogP contribution in [0, 0.1) is 0 Å². The van der Waals surface area contributed by atoms with Crippen molar-refractivity contribution in [2.75, 3.05) is 0 Å². The number of rotatable bonds is 10. The quantitative estimate of drug-likeness (QED) is 0.131. The van der Waals surface area contributed by atoms with E-state index in [9.17, 15) is 20.4 Å². The Hall–Kier alpha value is -4.70. The topological polar surface area (TPSA) is 80.9 Å². The summed E-state index contributed by atoms with van der Waals surface area (Å²) in [6.45, 7) is 16.8. The summed E-state index contributed by atoms with van der Waals surface area (Å²) < 4.78 is 0. The molecule has 4 aromatic rings. The van der Waals surface area contributed by atoms with Gasteiger partial charge >= 0.3 is 0 Å². The highest BCUT2D eigenvalue weighted by atomic mass is 16.3. The van der Waals surface area contributed by atoms with E-state index in [0.29, 0.717) is 11.5 Å². The second kappa shape index (κ2) is 17.3. The van der Waals surface area contributed by atoms with E-state index in [2.05, 4.69) is 53.7 Å². The van der Waals surface area contributed by atoms with Crippen molar-refractivity contribution in [2.45, 2.75) is 87.0 Å². The van der Waals surface area contributed by atoms with Crippen LogP contribution in [0.3, 0.4) is 0 Å². The van der Waals surface area contributed by atoms with Gasteiger partial charge in [0.2, 0.25) is 0 Å². The normalized spacial score (nSPS) is 12.1. The largest absolute Gasteiger partial charge is 0.508 e. The van der Waals surface area contributed by atoms with Crippen molar-refractivity contribution in [1.29, 1.82) is 0 Å². The summed E-state index contributed by atoms with van der Waals surface area (Å²) in [6, 6.07) is 26.5. The summed E-state index contributed by atoms with van der Waals surface area (Å²) in [5, 5.41) is 39.2. The molecule has 248 valence electrons. The Bertz CT molecular complexity index is 1720. The molecule has 0 saturated carbocycles. The predicted octanol–water partition coefficient (Wildman–Crippen LogP) is 12.2. The Balaban J connectivity index is 0.000000256. The fourth-order valence-corrected chi connectivity index (χ4v) is 6.07. The molecule has 0 spiro atoms. The van der Waals surface area contributed by atoms with E-state index in [1.54, 1.807) is 36.4 Å². The van der Waals surface area contributed by atoms with E-state index in [1.165, 1.54) is 27.9 Å². The van der Waals surface area contributed by atoms with Crippen LogP contribution in [0.5, 0.6) is 23.0 Å². The molecule has 4 heteroatoms. The molecule has 47 heavy (non-hydrogen) atoms. The van der Waals surface area contributed by atoms with Gasteiger partial charge in [-0.25, -0.2) is 0 Å². The van der Waals surface area contributed by atoms with Crippen LogP contribution in [0.15, 0.2) is 90.5 Å². The zero-order valence-electron chi connectivity index (χ0n) is 29.4. The molecule has 0 amide bonds. The molecule has 0 radical (unpaired) electrons. The highest BCUT2D eigenvalue weighted by Crippen LogP contribution is 2.36. The van der Waals surface area contributed by atoms with Crippen molar-refractivity contribution < 1.29 is 20.4 Å². The average Bonchev–Trinajstić information content (AvgIpc) is 3.05. The lowest BCUT2D eigenvalue weighted by Crippen LogP contribution is -1.95. The fourth-order valence-electron chi connectivity index (χ4n) is 6.07. The number of phenolic OH excluding ortho intramolecular Hbond substituents is 4. The smallest absolute Gasteiger partial charge is 0.122 e. The minimum absolute atomic E-state index is 0.280. The number of aromatic hydroxyl groups is 4. The minimum atomic E-state index is 0.280. The Kier molecular flexibility index (Phi) is 13.5. The van der Waals surface area contributed by atoms with Gasteiger partial charge in [-0.1, -0.05) is 89.6 Å². The fraction of sp³-hybridized carbons (Fsp3) is 0.302. The second-order valence-corrected chi connectivity index (χ2v) is 12.3. The SMILES string of the molecule is CC/C(=C(/CC)c1ccc(O)c(C(C)C)c1)c1ccc(O)cc1.CC/C(=C(/CC)c1ccc(O)c(C=C(C)C)c1)c1ccc(O)cc1. The summed E-state index contributed by atoms with van der Waals surface area (Å²) in [5.74, 6) is 1.52. The number of phenols is 4. The molecule has 0 aliphatic heterocycles. The third-order valence-corrected chi connectivity index (χ3v) is 8.39. The molecule has 4 rings (SSSR count). The second-order valence-electron chi connectivity index (χ2n) is 12.3. The van der Waals surface area contributed by atoms with Crippen molar-refractivity contribution in [1.82, 2.24) is 0 Å². The summed E-state index contributed by atoms with van der Waals surface area (Å²) in [7, 11) is 0. The van der Waals surface area contributed by atoms with Gasteiger partial charge in [-0.3, -0.25) is 0 Å². The first-order valence-electron chi connectivity index (χ1n) is 16.8. The maximum absolute atomic E-state index is 10.1. The third-order valence-electron chi connectivity index (χ3n) is 8.39. The van der Waals surface area contributed by atoms with Crippen LogP contribution in [0.4, 0.5) is 0 Å². The lowest BCUT2D eigenvalue weighted by atomic mass is 9.89. The molecule has 0 saturated heterocycles. The van der Waals surface area contributed by atoms with E-state index in [1.807, 2.05) is 56.3 Å². The third kappa shape index (κ3) is 9.65. The first kappa shape index (κ1) is 36.8. The van der Waals surface area contributed by atoms with Crippen molar-refractivity contribution >= 4 is 28.4 Å². The maximum atomic E-state index is 10.1. The van der Waals surface area contributed by atoms with Crippen molar-refractivity contribution in [3.63, 3.8) is 0 Å². The van der Waals surface area contributed by atoms with E-state index in [4.69, 9.17) is 0 Å². The standard InChI is InChI=1S/C22H26O2.C21H26O2/c1-5-20(16-7-10-19(23)11-8-16)21(6-2)17-9-12-22(24)18(14-17)13-15(3)4;1-5-18(15-7-10-17(22)11-8-15)19(6-2)16-9-12-21(23)20(13-16)14(3)4/h7-14,23-24H,5-6H2,1-4H3;7-14,22-23H,5-6H2,1-4H3/b21-20+;19-18+. The zero-order chi connectivity index (χ0) is 34.7. The van der Waals surface area contributed by atoms with Gasteiger partial charge in [0.15, 0.2) is 0 Å². The summed E-state index contributed by atoms with van der Waals surface area (Å²) in [5.41, 5.74) is 12.7. The van der Waals surface area contributed by atoms with Crippen LogP contribution >= 0.6 is 0 Å². The van der Waals surface area contributed by atoms with Crippen LogP contribution in [0.25, 0.3) is 28.4 Å². The summed E-state index contributed by atoms with van der Waals surface area (Å²) >= 11 is 0. The Morgan fingerprint density at radius 3 is 1.26 bits per heavy atom. The number of benzene rings is 4. The lowest BCUT2D eigenvalue weighted by molar-refractivity contribution is 0.464. The van der Waals surface area contributed by atoms with Crippen molar-refractivity contribution in [2.24, 2.45) is 0 Å². The van der Waals surface area contributed by atoms with Crippen molar-refractivity contribution in [3.05, 3.63) is 124 Å². The van der Waals surface area contributed by atoms with Crippen LogP contribution in [0.2, 0.25) is 0 Å². The molecule has 4 nitrogen and oxygen atoms in total. The van der Waals surface area contributed by atoms with Gasteiger partial charge in [-0.2, -0.15) is 0 Å². The van der Waals surface area contributed by atoms with Gasteiger partial charge < -0.3 is 20.4 Å². The number of allylic oxidation sites excluding steroid dienone is 5. The highest BCUT2D eigenvalue weighted by Gasteiger charge is 2.14. The Morgan fingerprint density at radius 2 is 0.872 bits per heavy atom. The van der Waals surface area contributed by atoms with Gasteiger partial charge in [0.1, 0.15) is 23.0 Å². The van der Waals surface area contributed by atoms with Gasteiger partial charge in [-0.05, 0) is 144 Å². The zero-order valence-corrected chi connectivity index (χ0v) is 29.4. The molecule has 0 aliphatic rings. The number of hydrogen-bond acceptors (Lipinski definition) is 4. The summed E-state index contributed by atoms with van der Waals surface area (Å²) in [4.78, 5) is 0. The van der Waals surface area contributed by atoms with Crippen LogP contribution < -0.4 is 0 Å². The van der Waals surface area contributed by atoms with E-state index >= 15 is 0 Å². The molecule has 4 aromatic carbocycles. The number of hydrogen-bond donors (Lipinski definition) is 4. The molecule has 0 atom stereocenters. The van der Waals surface area contributed by atoms with E-state index in [0.717, 1.165) is 59.1 Å². The van der Waals surface area contributed by atoms with Crippen LogP contribution in [0.1, 0.15) is 120 Å². The highest BCUT2D eigenvalue weighted by molar-refractivity contribution is 5.92. The lowest BCUT2D eigenvalue weighted by Gasteiger charge is -2.17. The Labute approximate surface area is 282 Å². The Morgan fingerprint density at radius 1 is 0.511 bits per heavy atom. The van der Waals surface area contributed by atoms with E-state index < -0.39 is 0 Å². The average molecular weight is 633 g/mol. The molecule has 4 N–H and O–H groups in total. The molecule has 0 bridgehead atoms. The van der Waals surface area contributed by atoms with E-state index in [-0.39, 0.29) is 17.4 Å². The summed E-state index contributed by atoms with van der Waals surface area (Å²) in [6.07, 6.45) is 5.66. The molecular formula is C43H52O4. The first-order chi connectivity index (χ1) is 22.4. The van der Waals surface area contributed by atoms with Gasteiger partial charge in [0, 0.05) is 5.56 Å². The minimum Gasteiger partial charge on any atom is -0.508 e. The molecular weight excluding hydrogens is 580 g/mol. The predicted molar refractivity (Wildman–Crippen MR) is 201 cm³/mol. The molecule has 0 aromatic heterocycles. The molecule has 0 fully saturated rings. The van der Waals surface area contributed by atoms with Crippen LogP contribution in [-0.4, -0.2) is 20.4 Å². The van der Waals surface area contributed by atoms with Gasteiger partial charge in [-0.15, -0.1) is 0 Å². The van der Waals surface area contributed by atoms with Gasteiger partial charge in [0.25, 0.3) is 0 Å². The monoisotopic (exact) mass is 632 g/mol. The molecule has 0 unspecified atom stereocenters. The molecule has 0 aliphatic carbocycles.